The molecule has 0 fully saturated rings. The van der Waals surface area contributed by atoms with Crippen LogP contribution in [0.1, 0.15) is 28.0 Å². The Morgan fingerprint density at radius 1 is 1.26 bits per heavy atom. The highest BCUT2D eigenvalue weighted by atomic mass is 16.5. The summed E-state index contributed by atoms with van der Waals surface area (Å²) in [5.74, 6) is 0.725. The van der Waals surface area contributed by atoms with E-state index in [0.29, 0.717) is 24.2 Å². The Morgan fingerprint density at radius 2 is 2.11 bits per heavy atom. The summed E-state index contributed by atoms with van der Waals surface area (Å²) >= 11 is 0. The molecule has 1 aromatic carbocycles. The maximum Gasteiger partial charge on any atom is 0.166 e. The van der Waals surface area contributed by atoms with E-state index in [2.05, 4.69) is 4.98 Å². The van der Waals surface area contributed by atoms with Crippen molar-refractivity contribution in [3.05, 3.63) is 59.4 Å². The van der Waals surface area contributed by atoms with Crippen molar-refractivity contribution >= 4 is 5.78 Å². The molecule has 3 nitrogen and oxygen atoms in total. The highest BCUT2D eigenvalue weighted by Crippen LogP contribution is 2.21. The lowest BCUT2D eigenvalue weighted by Gasteiger charge is -2.08. The van der Waals surface area contributed by atoms with Crippen molar-refractivity contribution in [1.82, 2.24) is 4.98 Å². The number of ether oxygens (including phenoxy) is 1. The number of methoxy groups -OCH3 is 1. The summed E-state index contributed by atoms with van der Waals surface area (Å²) in [6.07, 6.45) is 2.83. The quantitative estimate of drug-likeness (QED) is 0.770. The van der Waals surface area contributed by atoms with Crippen LogP contribution >= 0.6 is 0 Å². The van der Waals surface area contributed by atoms with Crippen molar-refractivity contribution in [3.63, 3.8) is 0 Å². The summed E-state index contributed by atoms with van der Waals surface area (Å²) in [6, 6.07) is 11.4. The first-order valence-electron chi connectivity index (χ1n) is 6.28. The molecule has 2 aromatic rings. The summed E-state index contributed by atoms with van der Waals surface area (Å²) in [6.45, 7) is 1.97. The smallest absolute Gasteiger partial charge is 0.166 e. The SMILES string of the molecule is COc1ccc(C)cc1C(=O)CCc1ccccn1. The van der Waals surface area contributed by atoms with E-state index in [4.69, 9.17) is 4.74 Å². The molecule has 0 radical (unpaired) electrons. The van der Waals surface area contributed by atoms with Gasteiger partial charge in [-0.05, 0) is 37.6 Å². The normalized spacial score (nSPS) is 10.2. The third kappa shape index (κ3) is 3.41. The molecule has 0 unspecified atom stereocenters. The van der Waals surface area contributed by atoms with Gasteiger partial charge in [-0.2, -0.15) is 0 Å². The third-order valence-corrected chi connectivity index (χ3v) is 2.99. The number of benzene rings is 1. The zero-order valence-corrected chi connectivity index (χ0v) is 11.2. The van der Waals surface area contributed by atoms with Crippen LogP contribution < -0.4 is 4.74 Å². The molecule has 0 atom stereocenters. The average Bonchev–Trinajstić information content (AvgIpc) is 2.46. The van der Waals surface area contributed by atoms with Gasteiger partial charge in [-0.3, -0.25) is 9.78 Å². The molecular weight excluding hydrogens is 238 g/mol. The predicted molar refractivity (Wildman–Crippen MR) is 74.6 cm³/mol. The van der Waals surface area contributed by atoms with Gasteiger partial charge in [0.05, 0.1) is 12.7 Å². The lowest BCUT2D eigenvalue weighted by Crippen LogP contribution is -2.05. The van der Waals surface area contributed by atoms with Crippen molar-refractivity contribution in [2.45, 2.75) is 19.8 Å². The van der Waals surface area contributed by atoms with Gasteiger partial charge in [-0.15, -0.1) is 0 Å². The minimum Gasteiger partial charge on any atom is -0.496 e. The number of Topliss-reactive ketones (excluding diaryl/α,β-unsaturated/α-hetero) is 1. The first-order valence-corrected chi connectivity index (χ1v) is 6.28. The highest BCUT2D eigenvalue weighted by Gasteiger charge is 2.12. The van der Waals surface area contributed by atoms with Crippen LogP contribution in [0.3, 0.4) is 0 Å². The van der Waals surface area contributed by atoms with E-state index < -0.39 is 0 Å². The Labute approximate surface area is 113 Å². The van der Waals surface area contributed by atoms with Gasteiger partial charge in [0.1, 0.15) is 5.75 Å². The maximum atomic E-state index is 12.2. The van der Waals surface area contributed by atoms with Gasteiger partial charge in [0.2, 0.25) is 0 Å². The van der Waals surface area contributed by atoms with E-state index in [1.54, 1.807) is 13.3 Å². The minimum atomic E-state index is 0.0891. The van der Waals surface area contributed by atoms with Crippen LogP contribution in [-0.4, -0.2) is 17.9 Å². The highest BCUT2D eigenvalue weighted by molar-refractivity contribution is 5.98. The molecule has 0 spiro atoms. The Kier molecular flexibility index (Phi) is 4.29. The summed E-state index contributed by atoms with van der Waals surface area (Å²) in [7, 11) is 1.58. The van der Waals surface area contributed by atoms with Crippen LogP contribution in [0, 0.1) is 6.92 Å². The number of nitrogens with zero attached hydrogens (tertiary/aromatic N) is 1. The van der Waals surface area contributed by atoms with Crippen LogP contribution in [0.2, 0.25) is 0 Å². The first kappa shape index (κ1) is 13.3. The van der Waals surface area contributed by atoms with Gasteiger partial charge < -0.3 is 4.74 Å². The fourth-order valence-corrected chi connectivity index (χ4v) is 1.96. The van der Waals surface area contributed by atoms with Crippen LogP contribution in [0.5, 0.6) is 5.75 Å². The van der Waals surface area contributed by atoms with Gasteiger partial charge >= 0.3 is 0 Å². The zero-order valence-electron chi connectivity index (χ0n) is 11.2. The zero-order chi connectivity index (χ0) is 13.7. The molecule has 0 aliphatic rings. The molecule has 0 aliphatic heterocycles. The van der Waals surface area contributed by atoms with E-state index in [0.717, 1.165) is 11.3 Å². The number of ketones is 1. The molecule has 0 aliphatic carbocycles. The summed E-state index contributed by atoms with van der Waals surface area (Å²) < 4.78 is 5.24. The number of pyridine rings is 1. The van der Waals surface area contributed by atoms with E-state index in [9.17, 15) is 4.79 Å². The second-order valence-electron chi connectivity index (χ2n) is 4.45. The molecular formula is C16H17NO2. The van der Waals surface area contributed by atoms with Gasteiger partial charge in [0.15, 0.2) is 5.78 Å². The standard InChI is InChI=1S/C16H17NO2/c1-12-6-9-16(19-2)14(11-12)15(18)8-7-13-5-3-4-10-17-13/h3-6,9-11H,7-8H2,1-2H3. The van der Waals surface area contributed by atoms with Gasteiger partial charge in [0, 0.05) is 18.3 Å². The molecule has 0 N–H and O–H groups in total. The Bertz CT molecular complexity index is 564. The summed E-state index contributed by atoms with van der Waals surface area (Å²) in [5, 5.41) is 0. The molecule has 2 rings (SSSR count). The molecule has 1 aromatic heterocycles. The topological polar surface area (TPSA) is 39.2 Å². The fraction of sp³-hybridized carbons (Fsp3) is 0.250. The Morgan fingerprint density at radius 3 is 2.79 bits per heavy atom. The van der Waals surface area contributed by atoms with Gasteiger partial charge in [-0.1, -0.05) is 17.7 Å². The van der Waals surface area contributed by atoms with Crippen molar-refractivity contribution in [2.75, 3.05) is 7.11 Å². The Hall–Kier alpha value is -2.16. The Balaban J connectivity index is 2.10. The molecule has 19 heavy (non-hydrogen) atoms. The number of carbonyl (C=O) groups excluding carboxylic acids is 1. The molecule has 0 saturated carbocycles. The first-order chi connectivity index (χ1) is 9.20. The number of aryl methyl sites for hydroxylation is 2. The molecule has 0 bridgehead atoms. The number of rotatable bonds is 5. The number of hydrogen-bond acceptors (Lipinski definition) is 3. The summed E-state index contributed by atoms with van der Waals surface area (Å²) in [5.41, 5.74) is 2.64. The van der Waals surface area contributed by atoms with Gasteiger partial charge in [-0.25, -0.2) is 0 Å². The van der Waals surface area contributed by atoms with E-state index in [-0.39, 0.29) is 5.78 Å². The largest absolute Gasteiger partial charge is 0.496 e. The molecule has 0 saturated heterocycles. The maximum absolute atomic E-state index is 12.2. The van der Waals surface area contributed by atoms with Crippen molar-refractivity contribution in [1.29, 1.82) is 0 Å². The van der Waals surface area contributed by atoms with E-state index in [1.165, 1.54) is 0 Å². The minimum absolute atomic E-state index is 0.0891. The van der Waals surface area contributed by atoms with Crippen LogP contribution in [-0.2, 0) is 6.42 Å². The monoisotopic (exact) mass is 255 g/mol. The molecule has 0 amide bonds. The lowest BCUT2D eigenvalue weighted by molar-refractivity contribution is 0.0979. The van der Waals surface area contributed by atoms with Gasteiger partial charge in [0.25, 0.3) is 0 Å². The van der Waals surface area contributed by atoms with E-state index >= 15 is 0 Å². The number of carbonyl (C=O) groups is 1. The third-order valence-electron chi connectivity index (χ3n) is 2.99. The summed E-state index contributed by atoms with van der Waals surface area (Å²) in [4.78, 5) is 16.5. The van der Waals surface area contributed by atoms with E-state index in [1.807, 2.05) is 43.3 Å². The van der Waals surface area contributed by atoms with Crippen LogP contribution in [0.25, 0.3) is 0 Å². The number of hydrogen-bond donors (Lipinski definition) is 0. The van der Waals surface area contributed by atoms with Crippen molar-refractivity contribution in [2.24, 2.45) is 0 Å². The van der Waals surface area contributed by atoms with Crippen LogP contribution in [0.15, 0.2) is 42.6 Å². The molecule has 98 valence electrons. The fourth-order valence-electron chi connectivity index (χ4n) is 1.96. The van der Waals surface area contributed by atoms with Crippen molar-refractivity contribution < 1.29 is 9.53 Å². The average molecular weight is 255 g/mol. The molecule has 1 heterocycles. The second kappa shape index (κ2) is 6.14. The number of aromatic nitrogens is 1. The lowest BCUT2D eigenvalue weighted by atomic mass is 10.0. The predicted octanol–water partition coefficient (Wildman–Crippen LogP) is 3.21. The second-order valence-corrected chi connectivity index (χ2v) is 4.45. The van der Waals surface area contributed by atoms with Crippen molar-refractivity contribution in [3.8, 4) is 5.75 Å². The van der Waals surface area contributed by atoms with Crippen LogP contribution in [0.4, 0.5) is 0 Å². The molecule has 3 heteroatoms.